The van der Waals surface area contributed by atoms with Gasteiger partial charge in [0.1, 0.15) is 0 Å². The fraction of sp³-hybridized carbons (Fsp3) is 0.619. The smallest absolute Gasteiger partial charge is 0.337 e. The van der Waals surface area contributed by atoms with Crippen LogP contribution < -0.4 is 11.0 Å². The van der Waals surface area contributed by atoms with Crippen LogP contribution in [0.15, 0.2) is 29.1 Å². The van der Waals surface area contributed by atoms with E-state index in [0.29, 0.717) is 18.0 Å². The zero-order valence-corrected chi connectivity index (χ0v) is 16.2. The van der Waals surface area contributed by atoms with Gasteiger partial charge in [-0.05, 0) is 43.2 Å². The first-order valence-corrected chi connectivity index (χ1v) is 10.5. The predicted octanol–water partition coefficient (Wildman–Crippen LogP) is 1.88. The summed E-state index contributed by atoms with van der Waals surface area (Å²) in [5.41, 5.74) is 1.27. The normalized spacial score (nSPS) is 27.5. The van der Waals surface area contributed by atoms with E-state index in [0.717, 1.165) is 50.7 Å². The Morgan fingerprint density at radius 1 is 1.07 bits per heavy atom. The molecule has 28 heavy (non-hydrogen) atoms. The molecule has 2 saturated carbocycles. The zero-order chi connectivity index (χ0) is 19.1. The highest BCUT2D eigenvalue weighted by atomic mass is 16.5. The fourth-order valence-electron chi connectivity index (χ4n) is 5.33. The second-order valence-corrected chi connectivity index (χ2v) is 8.44. The van der Waals surface area contributed by atoms with Gasteiger partial charge in [0.25, 0.3) is 0 Å². The van der Waals surface area contributed by atoms with E-state index in [4.69, 9.17) is 4.74 Å². The quantitative estimate of drug-likeness (QED) is 0.874. The summed E-state index contributed by atoms with van der Waals surface area (Å²) in [6.07, 6.45) is 4.77. The number of nitrogens with zero attached hydrogens (tertiary/aromatic N) is 3. The molecule has 2 bridgehead atoms. The number of fused-ring (bicyclic) bond motifs is 3. The number of carbonyl (C=O) groups excluding carboxylic acids is 1. The fourth-order valence-corrected chi connectivity index (χ4v) is 5.33. The Labute approximate surface area is 164 Å². The number of morpholine rings is 1. The molecule has 0 radical (unpaired) electrons. The molecule has 150 valence electrons. The van der Waals surface area contributed by atoms with Crippen molar-refractivity contribution in [1.29, 1.82) is 0 Å². The maximum atomic E-state index is 13.2. The summed E-state index contributed by atoms with van der Waals surface area (Å²) >= 11 is 0. The topological polar surface area (TPSA) is 68.5 Å². The third-order valence-electron chi connectivity index (χ3n) is 6.83. The van der Waals surface area contributed by atoms with Gasteiger partial charge in [-0.1, -0.05) is 18.6 Å². The Morgan fingerprint density at radius 2 is 1.86 bits per heavy atom. The molecule has 0 spiro atoms. The molecule has 1 saturated heterocycles. The summed E-state index contributed by atoms with van der Waals surface area (Å²) in [5.74, 6) is 1.33. The highest BCUT2D eigenvalue weighted by Crippen LogP contribution is 2.44. The summed E-state index contributed by atoms with van der Waals surface area (Å²) in [6, 6.07) is 7.54. The maximum Gasteiger partial charge on any atom is 0.337 e. The van der Waals surface area contributed by atoms with Crippen LogP contribution in [0.5, 0.6) is 0 Å². The largest absolute Gasteiger partial charge is 0.379 e. The molecule has 3 fully saturated rings. The van der Waals surface area contributed by atoms with E-state index in [9.17, 15) is 9.59 Å². The van der Waals surface area contributed by atoms with Gasteiger partial charge in [0.15, 0.2) is 0 Å². The third-order valence-corrected chi connectivity index (χ3v) is 6.83. The molecule has 3 atom stereocenters. The van der Waals surface area contributed by atoms with Gasteiger partial charge >= 0.3 is 11.7 Å². The first-order chi connectivity index (χ1) is 13.7. The molecular weight excluding hydrogens is 356 g/mol. The van der Waals surface area contributed by atoms with Crippen LogP contribution >= 0.6 is 0 Å². The lowest BCUT2D eigenvalue weighted by atomic mass is 9.95. The number of para-hydroxylation sites is 2. The molecule has 1 aromatic heterocycles. The van der Waals surface area contributed by atoms with Gasteiger partial charge in [-0.2, -0.15) is 0 Å². The number of hydrogen-bond acceptors (Lipinski definition) is 4. The molecular formula is C21H28N4O3. The molecule has 1 aliphatic heterocycles. The first-order valence-electron chi connectivity index (χ1n) is 10.5. The van der Waals surface area contributed by atoms with Gasteiger partial charge in [0.05, 0.1) is 24.2 Å². The molecule has 5 rings (SSSR count). The van der Waals surface area contributed by atoms with Crippen LogP contribution in [-0.4, -0.2) is 59.0 Å². The Bertz CT molecular complexity index is 927. The molecule has 2 aliphatic carbocycles. The average molecular weight is 384 g/mol. The van der Waals surface area contributed by atoms with Crippen molar-refractivity contribution in [3.8, 4) is 0 Å². The molecule has 7 heteroatoms. The van der Waals surface area contributed by atoms with Crippen molar-refractivity contribution in [1.82, 2.24) is 19.4 Å². The van der Waals surface area contributed by atoms with E-state index in [1.54, 1.807) is 4.57 Å². The van der Waals surface area contributed by atoms with Crippen molar-refractivity contribution in [2.75, 3.05) is 32.8 Å². The van der Waals surface area contributed by atoms with Crippen LogP contribution in [0.3, 0.4) is 0 Å². The maximum absolute atomic E-state index is 13.2. The SMILES string of the molecule is O=C(NC1C[C@@H]2CC[C@H]1C2)n1c(=O)n(CCN2CCOCC2)c2ccccc21. The van der Waals surface area contributed by atoms with E-state index in [-0.39, 0.29) is 17.8 Å². The van der Waals surface area contributed by atoms with Crippen molar-refractivity contribution in [2.24, 2.45) is 11.8 Å². The average Bonchev–Trinajstić information content (AvgIpc) is 3.40. The number of hydrogen-bond donors (Lipinski definition) is 1. The van der Waals surface area contributed by atoms with Gasteiger partial charge in [-0.15, -0.1) is 0 Å². The lowest BCUT2D eigenvalue weighted by Gasteiger charge is -2.26. The number of nitrogens with one attached hydrogen (secondary N) is 1. The highest BCUT2D eigenvalue weighted by molar-refractivity contribution is 5.89. The first kappa shape index (κ1) is 17.9. The monoisotopic (exact) mass is 384 g/mol. The van der Waals surface area contributed by atoms with Crippen LogP contribution in [0.25, 0.3) is 11.0 Å². The number of imidazole rings is 1. The predicted molar refractivity (Wildman–Crippen MR) is 107 cm³/mol. The summed E-state index contributed by atoms with van der Waals surface area (Å²) < 4.78 is 8.47. The Balaban J connectivity index is 1.39. The summed E-state index contributed by atoms with van der Waals surface area (Å²) in [4.78, 5) is 28.5. The minimum absolute atomic E-state index is 0.216. The van der Waals surface area contributed by atoms with E-state index in [1.807, 2.05) is 24.3 Å². The molecule has 2 aromatic rings. The van der Waals surface area contributed by atoms with Crippen molar-refractivity contribution < 1.29 is 9.53 Å². The summed E-state index contributed by atoms with van der Waals surface area (Å²) in [6.45, 7) is 4.61. The second-order valence-electron chi connectivity index (χ2n) is 8.44. The minimum Gasteiger partial charge on any atom is -0.379 e. The van der Waals surface area contributed by atoms with Gasteiger partial charge in [-0.25, -0.2) is 14.2 Å². The zero-order valence-electron chi connectivity index (χ0n) is 16.2. The number of rotatable bonds is 4. The molecule has 1 amide bonds. The van der Waals surface area contributed by atoms with Crippen molar-refractivity contribution in [2.45, 2.75) is 38.3 Å². The Hall–Kier alpha value is -2.12. The number of aromatic nitrogens is 2. The Morgan fingerprint density at radius 3 is 2.57 bits per heavy atom. The minimum atomic E-state index is -0.274. The molecule has 1 aromatic carbocycles. The van der Waals surface area contributed by atoms with Crippen LogP contribution in [0.2, 0.25) is 0 Å². The molecule has 7 nitrogen and oxygen atoms in total. The third kappa shape index (κ3) is 3.16. The lowest BCUT2D eigenvalue weighted by Crippen LogP contribution is -2.44. The highest BCUT2D eigenvalue weighted by Gasteiger charge is 2.40. The van der Waals surface area contributed by atoms with Gasteiger partial charge < -0.3 is 10.1 Å². The van der Waals surface area contributed by atoms with Gasteiger partial charge in [0.2, 0.25) is 0 Å². The number of carbonyl (C=O) groups is 1. The molecule has 1 unspecified atom stereocenters. The number of ether oxygens (including phenoxy) is 1. The van der Waals surface area contributed by atoms with Crippen molar-refractivity contribution in [3.05, 3.63) is 34.7 Å². The van der Waals surface area contributed by atoms with E-state index in [2.05, 4.69) is 10.2 Å². The standard InChI is InChI=1S/C21H28N4O3/c26-20(22-17-14-15-5-6-16(17)13-15)25-19-4-2-1-3-18(19)24(21(25)27)8-7-23-9-11-28-12-10-23/h1-4,15-17H,5-14H2,(H,22,26)/t15-,16+,17?/m1/s1. The van der Waals surface area contributed by atoms with Crippen LogP contribution in [0.1, 0.15) is 25.7 Å². The molecule has 3 aliphatic rings. The molecule has 1 N–H and O–H groups in total. The van der Waals surface area contributed by atoms with Crippen LogP contribution in [0.4, 0.5) is 4.79 Å². The summed E-state index contributed by atoms with van der Waals surface area (Å²) in [5, 5.41) is 3.16. The van der Waals surface area contributed by atoms with Crippen molar-refractivity contribution in [3.63, 3.8) is 0 Å². The van der Waals surface area contributed by atoms with E-state index in [1.165, 1.54) is 23.8 Å². The molecule has 2 heterocycles. The lowest BCUT2D eigenvalue weighted by molar-refractivity contribution is 0.0364. The van der Waals surface area contributed by atoms with Gasteiger partial charge in [-0.3, -0.25) is 9.47 Å². The summed E-state index contributed by atoms with van der Waals surface area (Å²) in [7, 11) is 0. The van der Waals surface area contributed by atoms with Gasteiger partial charge in [0, 0.05) is 32.2 Å². The second kappa shape index (κ2) is 7.37. The van der Waals surface area contributed by atoms with Crippen molar-refractivity contribution >= 4 is 17.1 Å². The van der Waals surface area contributed by atoms with E-state index < -0.39 is 0 Å². The van der Waals surface area contributed by atoms with E-state index >= 15 is 0 Å². The Kier molecular flexibility index (Phi) is 4.72. The number of benzene rings is 1. The van der Waals surface area contributed by atoms with Crippen LogP contribution in [0, 0.1) is 11.8 Å². The van der Waals surface area contributed by atoms with Crippen LogP contribution in [-0.2, 0) is 11.3 Å². The number of amides is 1.